The number of nitrogens with zero attached hydrogens (tertiary/aromatic N) is 1. The molecule has 2 aromatic carbocycles. The van der Waals surface area contributed by atoms with Gasteiger partial charge in [-0.2, -0.15) is 0 Å². The average molecular weight is 429 g/mol. The molecule has 1 amide bonds. The summed E-state index contributed by atoms with van der Waals surface area (Å²) in [7, 11) is -3.94. The largest absolute Gasteiger partial charge is 0.492 e. The highest BCUT2D eigenvalue weighted by Crippen LogP contribution is 2.44. The Morgan fingerprint density at radius 1 is 1.07 bits per heavy atom. The first-order valence-corrected chi connectivity index (χ1v) is 12.0. The molecule has 0 heterocycles. The van der Waals surface area contributed by atoms with Crippen LogP contribution in [0.5, 0.6) is 5.75 Å². The molecule has 0 radical (unpaired) electrons. The van der Waals surface area contributed by atoms with Crippen molar-refractivity contribution in [2.24, 2.45) is 11.8 Å². The summed E-state index contributed by atoms with van der Waals surface area (Å²) in [6.45, 7) is 1.96. The zero-order chi connectivity index (χ0) is 21.1. The molecule has 2 aromatic rings. The van der Waals surface area contributed by atoms with Crippen molar-refractivity contribution in [2.75, 3.05) is 17.5 Å². The summed E-state index contributed by atoms with van der Waals surface area (Å²) < 4.78 is 33.8. The zero-order valence-electron chi connectivity index (χ0n) is 17.2. The highest BCUT2D eigenvalue weighted by Gasteiger charge is 2.40. The van der Waals surface area contributed by atoms with Gasteiger partial charge in [-0.3, -0.25) is 9.10 Å². The summed E-state index contributed by atoms with van der Waals surface area (Å²) in [5.41, 5.74) is 0.367. The second-order valence-electron chi connectivity index (χ2n) is 8.07. The number of sulfonamides is 1. The summed E-state index contributed by atoms with van der Waals surface area (Å²) in [5.74, 6) is 1.38. The van der Waals surface area contributed by atoms with Gasteiger partial charge in [-0.1, -0.05) is 36.8 Å². The van der Waals surface area contributed by atoms with E-state index in [1.165, 1.54) is 12.8 Å². The van der Waals surface area contributed by atoms with Gasteiger partial charge in [0.15, 0.2) is 0 Å². The molecule has 3 atom stereocenters. The van der Waals surface area contributed by atoms with E-state index in [1.807, 2.05) is 6.92 Å². The lowest BCUT2D eigenvalue weighted by Crippen LogP contribution is -2.46. The van der Waals surface area contributed by atoms with E-state index in [0.29, 0.717) is 29.9 Å². The van der Waals surface area contributed by atoms with E-state index >= 15 is 0 Å². The van der Waals surface area contributed by atoms with Crippen molar-refractivity contribution in [2.45, 2.75) is 43.5 Å². The number of anilines is 1. The zero-order valence-corrected chi connectivity index (χ0v) is 18.0. The third-order valence-corrected chi connectivity index (χ3v) is 7.91. The molecule has 0 spiro atoms. The maximum atomic E-state index is 13.5. The van der Waals surface area contributed by atoms with Gasteiger partial charge in [0.05, 0.1) is 17.2 Å². The lowest BCUT2D eigenvalue weighted by Gasteiger charge is -2.28. The first-order valence-electron chi connectivity index (χ1n) is 10.6. The van der Waals surface area contributed by atoms with E-state index < -0.39 is 10.0 Å². The number of benzene rings is 2. The van der Waals surface area contributed by atoms with Crippen molar-refractivity contribution in [1.29, 1.82) is 0 Å². The molecule has 3 unspecified atom stereocenters. The van der Waals surface area contributed by atoms with Gasteiger partial charge in [0, 0.05) is 6.04 Å². The van der Waals surface area contributed by atoms with Gasteiger partial charge < -0.3 is 10.1 Å². The molecule has 2 aliphatic rings. The second kappa shape index (κ2) is 8.68. The lowest BCUT2D eigenvalue weighted by atomic mass is 9.95. The Kier molecular flexibility index (Phi) is 5.99. The molecular weight excluding hydrogens is 400 g/mol. The lowest BCUT2D eigenvalue weighted by molar-refractivity contribution is -0.120. The van der Waals surface area contributed by atoms with Crippen LogP contribution in [0.3, 0.4) is 0 Å². The van der Waals surface area contributed by atoms with Gasteiger partial charge in [0.2, 0.25) is 5.91 Å². The Bertz CT molecular complexity index is 993. The number of para-hydroxylation sites is 2. The van der Waals surface area contributed by atoms with Gasteiger partial charge in [0.25, 0.3) is 10.0 Å². The van der Waals surface area contributed by atoms with E-state index in [9.17, 15) is 13.2 Å². The van der Waals surface area contributed by atoms with Crippen LogP contribution in [-0.2, 0) is 14.8 Å². The van der Waals surface area contributed by atoms with Crippen molar-refractivity contribution in [3.63, 3.8) is 0 Å². The second-order valence-corrected chi connectivity index (χ2v) is 9.94. The van der Waals surface area contributed by atoms with Crippen LogP contribution >= 0.6 is 0 Å². The number of nitrogens with one attached hydrogen (secondary N) is 1. The third-order valence-electron chi connectivity index (χ3n) is 6.14. The fraction of sp³-hybridized carbons (Fsp3) is 0.435. The Hall–Kier alpha value is -2.54. The molecule has 0 aliphatic heterocycles. The Labute approximate surface area is 178 Å². The van der Waals surface area contributed by atoms with E-state index in [4.69, 9.17) is 4.74 Å². The molecule has 2 aliphatic carbocycles. The van der Waals surface area contributed by atoms with Crippen molar-refractivity contribution in [3.05, 3.63) is 54.6 Å². The number of carbonyl (C=O) groups excluding carboxylic acids is 1. The highest BCUT2D eigenvalue weighted by molar-refractivity contribution is 7.92. The maximum absolute atomic E-state index is 13.5. The van der Waals surface area contributed by atoms with E-state index in [-0.39, 0.29) is 23.4 Å². The van der Waals surface area contributed by atoms with Crippen molar-refractivity contribution in [3.8, 4) is 5.75 Å². The SMILES string of the molecule is CCOc1ccccc1N(CC(=O)NC1CC2CCC1C2)S(=O)(=O)c1ccccc1. The maximum Gasteiger partial charge on any atom is 0.264 e. The summed E-state index contributed by atoms with van der Waals surface area (Å²) in [4.78, 5) is 13.1. The number of carbonyl (C=O) groups is 1. The highest BCUT2D eigenvalue weighted by atomic mass is 32.2. The molecule has 0 saturated heterocycles. The molecule has 2 bridgehead atoms. The van der Waals surface area contributed by atoms with Crippen LogP contribution < -0.4 is 14.4 Å². The van der Waals surface area contributed by atoms with E-state index in [0.717, 1.165) is 17.1 Å². The van der Waals surface area contributed by atoms with Gasteiger partial charge in [0.1, 0.15) is 12.3 Å². The topological polar surface area (TPSA) is 75.7 Å². The number of hydrogen-bond donors (Lipinski definition) is 1. The van der Waals surface area contributed by atoms with Gasteiger partial charge >= 0.3 is 0 Å². The van der Waals surface area contributed by atoms with Crippen molar-refractivity contribution < 1.29 is 17.9 Å². The molecule has 4 rings (SSSR count). The minimum absolute atomic E-state index is 0.143. The summed E-state index contributed by atoms with van der Waals surface area (Å²) in [6, 6.07) is 15.3. The molecule has 1 N–H and O–H groups in total. The van der Waals surface area contributed by atoms with Crippen LogP contribution in [-0.4, -0.2) is 33.5 Å². The quantitative estimate of drug-likeness (QED) is 0.697. The molecular formula is C23H28N2O4S. The predicted octanol–water partition coefficient (Wildman–Crippen LogP) is 3.59. The molecule has 160 valence electrons. The minimum Gasteiger partial charge on any atom is -0.492 e. The third kappa shape index (κ3) is 4.17. The fourth-order valence-corrected chi connectivity index (χ4v) is 6.22. The number of fused-ring (bicyclic) bond motifs is 2. The first-order chi connectivity index (χ1) is 14.5. The summed E-state index contributed by atoms with van der Waals surface area (Å²) in [6.07, 6.45) is 4.56. The molecule has 0 aromatic heterocycles. The monoisotopic (exact) mass is 428 g/mol. The predicted molar refractivity (Wildman–Crippen MR) is 116 cm³/mol. The normalized spacial score (nSPS) is 22.6. The smallest absolute Gasteiger partial charge is 0.264 e. The first kappa shape index (κ1) is 20.7. The molecule has 6 nitrogen and oxygen atoms in total. The molecule has 2 saturated carbocycles. The van der Waals surface area contributed by atoms with Crippen LogP contribution in [0.25, 0.3) is 0 Å². The standard InChI is InChI=1S/C23H28N2O4S/c1-2-29-22-11-7-6-10-21(22)25(30(27,28)19-8-4-3-5-9-19)16-23(26)24-20-15-17-12-13-18(20)14-17/h3-11,17-18,20H,2,12-16H2,1H3,(H,24,26). The summed E-state index contributed by atoms with van der Waals surface area (Å²) in [5, 5.41) is 3.10. The van der Waals surface area contributed by atoms with Gasteiger partial charge in [-0.05, 0) is 62.3 Å². The van der Waals surface area contributed by atoms with Gasteiger partial charge in [-0.25, -0.2) is 8.42 Å². The van der Waals surface area contributed by atoms with Gasteiger partial charge in [-0.15, -0.1) is 0 Å². The van der Waals surface area contributed by atoms with E-state index in [2.05, 4.69) is 5.32 Å². The number of ether oxygens (including phenoxy) is 1. The Morgan fingerprint density at radius 2 is 1.80 bits per heavy atom. The van der Waals surface area contributed by atoms with Crippen LogP contribution in [0.15, 0.2) is 59.5 Å². The van der Waals surface area contributed by atoms with E-state index in [1.54, 1.807) is 54.6 Å². The minimum atomic E-state index is -3.94. The van der Waals surface area contributed by atoms with Crippen molar-refractivity contribution >= 4 is 21.6 Å². The Morgan fingerprint density at radius 3 is 2.47 bits per heavy atom. The van der Waals surface area contributed by atoms with Crippen LogP contribution in [0.2, 0.25) is 0 Å². The van der Waals surface area contributed by atoms with Crippen LogP contribution in [0.4, 0.5) is 5.69 Å². The Balaban J connectivity index is 1.63. The van der Waals surface area contributed by atoms with Crippen molar-refractivity contribution in [1.82, 2.24) is 5.32 Å². The number of hydrogen-bond acceptors (Lipinski definition) is 4. The molecule has 30 heavy (non-hydrogen) atoms. The molecule has 2 fully saturated rings. The molecule has 7 heteroatoms. The summed E-state index contributed by atoms with van der Waals surface area (Å²) >= 11 is 0. The van der Waals surface area contributed by atoms with Crippen LogP contribution in [0, 0.1) is 11.8 Å². The average Bonchev–Trinajstić information content (AvgIpc) is 3.37. The fourth-order valence-electron chi connectivity index (χ4n) is 4.76. The van der Waals surface area contributed by atoms with Crippen LogP contribution in [0.1, 0.15) is 32.6 Å². The number of rotatable bonds is 8. The number of amides is 1.